The zero-order chi connectivity index (χ0) is 17.9. The van der Waals surface area contributed by atoms with Crippen molar-refractivity contribution in [3.05, 3.63) is 53.9 Å². The Morgan fingerprint density at radius 2 is 2.04 bits per heavy atom. The minimum absolute atomic E-state index is 0.209. The van der Waals surface area contributed by atoms with Crippen LogP contribution in [0.4, 0.5) is 5.82 Å². The SMILES string of the molecule is CC(Nc1ncnc2c1nnn2Cc1ccccc1)C1=CCN(C)CC1. The summed E-state index contributed by atoms with van der Waals surface area (Å²) in [4.78, 5) is 11.1. The number of nitrogens with zero attached hydrogens (tertiary/aromatic N) is 6. The zero-order valence-corrected chi connectivity index (χ0v) is 15.1. The van der Waals surface area contributed by atoms with Crippen LogP contribution in [0.3, 0.4) is 0 Å². The molecule has 0 saturated carbocycles. The van der Waals surface area contributed by atoms with Crippen molar-refractivity contribution in [3.63, 3.8) is 0 Å². The second-order valence-electron chi connectivity index (χ2n) is 6.78. The molecule has 1 N–H and O–H groups in total. The van der Waals surface area contributed by atoms with Gasteiger partial charge in [-0.15, -0.1) is 5.10 Å². The summed E-state index contributed by atoms with van der Waals surface area (Å²) in [5.74, 6) is 0.738. The van der Waals surface area contributed by atoms with Gasteiger partial charge in [-0.3, -0.25) is 0 Å². The van der Waals surface area contributed by atoms with Crippen LogP contribution in [-0.2, 0) is 6.54 Å². The zero-order valence-electron chi connectivity index (χ0n) is 15.1. The predicted molar refractivity (Wildman–Crippen MR) is 102 cm³/mol. The van der Waals surface area contributed by atoms with E-state index in [1.54, 1.807) is 6.33 Å². The normalized spacial score (nSPS) is 16.5. The molecule has 1 atom stereocenters. The molecule has 0 amide bonds. The van der Waals surface area contributed by atoms with Gasteiger partial charge in [-0.2, -0.15) is 0 Å². The maximum atomic E-state index is 4.40. The largest absolute Gasteiger partial charge is 0.362 e. The lowest BCUT2D eigenvalue weighted by atomic mass is 10.0. The summed E-state index contributed by atoms with van der Waals surface area (Å²) < 4.78 is 1.82. The Labute approximate surface area is 152 Å². The summed E-state index contributed by atoms with van der Waals surface area (Å²) in [6, 6.07) is 10.4. The molecule has 7 heteroatoms. The summed E-state index contributed by atoms with van der Waals surface area (Å²) >= 11 is 0. The van der Waals surface area contributed by atoms with Gasteiger partial charge >= 0.3 is 0 Å². The van der Waals surface area contributed by atoms with Crippen molar-refractivity contribution >= 4 is 17.0 Å². The molecule has 134 valence electrons. The molecule has 0 aliphatic carbocycles. The van der Waals surface area contributed by atoms with Crippen molar-refractivity contribution in [2.24, 2.45) is 0 Å². The number of hydrogen-bond acceptors (Lipinski definition) is 6. The first-order valence-electron chi connectivity index (χ1n) is 8.93. The van der Waals surface area contributed by atoms with Crippen LogP contribution in [0.15, 0.2) is 48.3 Å². The quantitative estimate of drug-likeness (QED) is 0.713. The van der Waals surface area contributed by atoms with Crippen molar-refractivity contribution in [2.75, 3.05) is 25.5 Å². The molecular weight excluding hydrogens is 326 g/mol. The third kappa shape index (κ3) is 3.43. The number of nitrogens with one attached hydrogen (secondary N) is 1. The maximum Gasteiger partial charge on any atom is 0.184 e. The lowest BCUT2D eigenvalue weighted by Gasteiger charge is -2.26. The Kier molecular flexibility index (Phi) is 4.62. The van der Waals surface area contributed by atoms with Crippen molar-refractivity contribution in [1.82, 2.24) is 29.9 Å². The second kappa shape index (κ2) is 7.21. The van der Waals surface area contributed by atoms with E-state index in [-0.39, 0.29) is 6.04 Å². The molecule has 2 aromatic heterocycles. The standard InChI is InChI=1S/C19H23N7/c1-14(16-8-10-25(2)11-9-16)22-18-17-19(21-13-20-18)26(24-23-17)12-15-6-4-3-5-7-15/h3-8,13-14H,9-12H2,1-2H3,(H,20,21,22). The smallest absolute Gasteiger partial charge is 0.184 e. The molecular formula is C19H23N7. The fourth-order valence-electron chi connectivity index (χ4n) is 3.24. The summed E-state index contributed by atoms with van der Waals surface area (Å²) in [5.41, 5.74) is 4.03. The summed E-state index contributed by atoms with van der Waals surface area (Å²) in [7, 11) is 2.14. The van der Waals surface area contributed by atoms with Gasteiger partial charge in [-0.05, 0) is 31.5 Å². The van der Waals surface area contributed by atoms with E-state index in [1.807, 2.05) is 22.9 Å². The number of hydrogen-bond donors (Lipinski definition) is 1. The van der Waals surface area contributed by atoms with Gasteiger partial charge in [0.2, 0.25) is 0 Å². The summed E-state index contributed by atoms with van der Waals surface area (Å²) in [5, 5.41) is 12.1. The van der Waals surface area contributed by atoms with Crippen molar-refractivity contribution in [2.45, 2.75) is 25.9 Å². The fraction of sp³-hybridized carbons (Fsp3) is 0.368. The molecule has 7 nitrogen and oxygen atoms in total. The lowest BCUT2D eigenvalue weighted by molar-refractivity contribution is 0.355. The molecule has 1 aromatic carbocycles. The molecule has 1 unspecified atom stereocenters. The minimum Gasteiger partial charge on any atom is -0.362 e. The summed E-state index contributed by atoms with van der Waals surface area (Å²) in [6.45, 7) is 4.89. The topological polar surface area (TPSA) is 71.8 Å². The number of anilines is 1. The van der Waals surface area contributed by atoms with Gasteiger partial charge in [0, 0.05) is 19.1 Å². The minimum atomic E-state index is 0.209. The van der Waals surface area contributed by atoms with E-state index in [9.17, 15) is 0 Å². The van der Waals surface area contributed by atoms with Crippen LogP contribution >= 0.6 is 0 Å². The number of benzene rings is 1. The predicted octanol–water partition coefficient (Wildman–Crippen LogP) is 2.33. The molecule has 1 aliphatic heterocycles. The van der Waals surface area contributed by atoms with Gasteiger partial charge in [0.1, 0.15) is 6.33 Å². The van der Waals surface area contributed by atoms with Crippen molar-refractivity contribution in [1.29, 1.82) is 0 Å². The highest BCUT2D eigenvalue weighted by molar-refractivity contribution is 5.82. The molecule has 0 spiro atoms. The Morgan fingerprint density at radius 3 is 2.81 bits per heavy atom. The molecule has 4 rings (SSSR count). The average molecular weight is 349 g/mol. The molecule has 26 heavy (non-hydrogen) atoms. The number of aromatic nitrogens is 5. The Hall–Kier alpha value is -2.80. The average Bonchev–Trinajstić information content (AvgIpc) is 3.07. The molecule has 0 fully saturated rings. The van der Waals surface area contributed by atoms with E-state index >= 15 is 0 Å². The molecule has 0 saturated heterocycles. The third-order valence-electron chi connectivity index (χ3n) is 4.83. The Morgan fingerprint density at radius 1 is 1.19 bits per heavy atom. The molecule has 0 radical (unpaired) electrons. The van der Waals surface area contributed by atoms with Crippen molar-refractivity contribution in [3.8, 4) is 0 Å². The highest BCUT2D eigenvalue weighted by Gasteiger charge is 2.17. The van der Waals surface area contributed by atoms with E-state index < -0.39 is 0 Å². The van der Waals surface area contributed by atoms with Crippen LogP contribution in [0.2, 0.25) is 0 Å². The second-order valence-corrected chi connectivity index (χ2v) is 6.78. The van der Waals surface area contributed by atoms with Crippen LogP contribution in [0.5, 0.6) is 0 Å². The van der Waals surface area contributed by atoms with Gasteiger partial charge < -0.3 is 10.2 Å². The molecule has 3 aromatic rings. The van der Waals surface area contributed by atoms with Crippen molar-refractivity contribution < 1.29 is 0 Å². The van der Waals surface area contributed by atoms with Gasteiger partial charge in [-0.25, -0.2) is 14.6 Å². The maximum absolute atomic E-state index is 4.40. The lowest BCUT2D eigenvalue weighted by Crippen LogP contribution is -2.29. The van der Waals surface area contributed by atoms with E-state index in [0.29, 0.717) is 12.1 Å². The van der Waals surface area contributed by atoms with Crippen LogP contribution in [-0.4, -0.2) is 56.0 Å². The highest BCUT2D eigenvalue weighted by Crippen LogP contribution is 2.21. The fourth-order valence-corrected chi connectivity index (χ4v) is 3.24. The molecule has 1 aliphatic rings. The Balaban J connectivity index is 1.57. The van der Waals surface area contributed by atoms with E-state index in [1.165, 1.54) is 5.57 Å². The number of rotatable bonds is 5. The Bertz CT molecular complexity index is 916. The van der Waals surface area contributed by atoms with Crippen LogP contribution in [0.1, 0.15) is 18.9 Å². The first-order valence-corrected chi connectivity index (χ1v) is 8.93. The van der Waals surface area contributed by atoms with Crippen LogP contribution in [0, 0.1) is 0 Å². The van der Waals surface area contributed by atoms with E-state index in [4.69, 9.17) is 0 Å². The number of likely N-dealkylation sites (N-methyl/N-ethyl adjacent to an activating group) is 1. The van der Waals surface area contributed by atoms with Gasteiger partial charge in [0.15, 0.2) is 17.0 Å². The van der Waals surface area contributed by atoms with Crippen LogP contribution < -0.4 is 5.32 Å². The first kappa shape index (κ1) is 16.7. The summed E-state index contributed by atoms with van der Waals surface area (Å²) in [6.07, 6.45) is 4.94. The molecule has 3 heterocycles. The third-order valence-corrected chi connectivity index (χ3v) is 4.83. The highest BCUT2D eigenvalue weighted by atomic mass is 15.4. The first-order chi connectivity index (χ1) is 12.7. The van der Waals surface area contributed by atoms with Gasteiger partial charge in [0.25, 0.3) is 0 Å². The van der Waals surface area contributed by atoms with E-state index in [0.717, 1.165) is 36.5 Å². The molecule has 0 bridgehead atoms. The van der Waals surface area contributed by atoms with Gasteiger partial charge in [-0.1, -0.05) is 41.6 Å². The monoisotopic (exact) mass is 349 g/mol. The van der Waals surface area contributed by atoms with Crippen LogP contribution in [0.25, 0.3) is 11.2 Å². The van der Waals surface area contributed by atoms with E-state index in [2.05, 4.69) is 62.7 Å². The number of fused-ring (bicyclic) bond motifs is 1. The van der Waals surface area contributed by atoms with Gasteiger partial charge in [0.05, 0.1) is 6.54 Å².